The van der Waals surface area contributed by atoms with E-state index in [1.807, 2.05) is 18.7 Å². The zero-order valence-electron chi connectivity index (χ0n) is 9.53. The van der Waals surface area contributed by atoms with Crippen LogP contribution in [0.25, 0.3) is 0 Å². The maximum atomic E-state index is 11.8. The van der Waals surface area contributed by atoms with Gasteiger partial charge in [-0.3, -0.25) is 4.79 Å². The quantitative estimate of drug-likeness (QED) is 0.541. The SMILES string of the molecule is C=CCNCC(=O)N1CC(C)OCC1C. The van der Waals surface area contributed by atoms with Crippen molar-refractivity contribution in [3.8, 4) is 0 Å². The zero-order valence-corrected chi connectivity index (χ0v) is 9.53. The first kappa shape index (κ1) is 12.2. The maximum absolute atomic E-state index is 11.8. The molecule has 1 fully saturated rings. The summed E-state index contributed by atoms with van der Waals surface area (Å²) in [5, 5.41) is 3.02. The van der Waals surface area contributed by atoms with Gasteiger partial charge in [-0.25, -0.2) is 0 Å². The van der Waals surface area contributed by atoms with Crippen LogP contribution in [-0.4, -0.2) is 49.2 Å². The van der Waals surface area contributed by atoms with Gasteiger partial charge in [0.15, 0.2) is 0 Å². The third kappa shape index (κ3) is 3.64. The molecule has 2 atom stereocenters. The van der Waals surface area contributed by atoms with E-state index in [4.69, 9.17) is 4.74 Å². The average Bonchev–Trinajstić information content (AvgIpc) is 2.22. The number of hydrogen-bond acceptors (Lipinski definition) is 3. The van der Waals surface area contributed by atoms with Crippen molar-refractivity contribution in [3.63, 3.8) is 0 Å². The molecule has 1 aliphatic rings. The predicted octanol–water partition coefficient (Wildman–Crippen LogP) is 0.398. The lowest BCUT2D eigenvalue weighted by Gasteiger charge is -2.36. The summed E-state index contributed by atoms with van der Waals surface area (Å²) in [6.45, 7) is 9.96. The summed E-state index contributed by atoms with van der Waals surface area (Å²) in [6, 6.07) is 0.180. The number of ether oxygens (including phenoxy) is 1. The third-order valence-electron chi connectivity index (χ3n) is 2.49. The summed E-state index contributed by atoms with van der Waals surface area (Å²) < 4.78 is 5.47. The fraction of sp³-hybridized carbons (Fsp3) is 0.727. The molecular formula is C11H20N2O2. The minimum Gasteiger partial charge on any atom is -0.375 e. The number of carbonyl (C=O) groups excluding carboxylic acids is 1. The van der Waals surface area contributed by atoms with Gasteiger partial charge in [0.25, 0.3) is 0 Å². The third-order valence-corrected chi connectivity index (χ3v) is 2.49. The van der Waals surface area contributed by atoms with E-state index in [0.717, 1.165) is 0 Å². The molecule has 1 rings (SSSR count). The van der Waals surface area contributed by atoms with Crippen LogP contribution in [0.3, 0.4) is 0 Å². The Morgan fingerprint density at radius 1 is 1.67 bits per heavy atom. The van der Waals surface area contributed by atoms with E-state index >= 15 is 0 Å². The van der Waals surface area contributed by atoms with Crippen molar-refractivity contribution in [2.24, 2.45) is 0 Å². The normalized spacial score (nSPS) is 26.4. The van der Waals surface area contributed by atoms with Crippen molar-refractivity contribution in [2.75, 3.05) is 26.2 Å². The highest BCUT2D eigenvalue weighted by Gasteiger charge is 2.26. The first-order valence-electron chi connectivity index (χ1n) is 5.37. The Morgan fingerprint density at radius 3 is 3.07 bits per heavy atom. The standard InChI is InChI=1S/C11H20N2O2/c1-4-5-12-6-11(14)13-7-10(3)15-8-9(13)2/h4,9-10,12H,1,5-8H2,2-3H3. The number of morpholine rings is 1. The second-order valence-electron chi connectivity index (χ2n) is 3.96. The van der Waals surface area contributed by atoms with E-state index < -0.39 is 0 Å². The van der Waals surface area contributed by atoms with Gasteiger partial charge in [0.05, 0.1) is 25.3 Å². The van der Waals surface area contributed by atoms with Gasteiger partial charge in [-0.05, 0) is 13.8 Å². The van der Waals surface area contributed by atoms with E-state index in [1.165, 1.54) is 0 Å². The van der Waals surface area contributed by atoms with Crippen molar-refractivity contribution in [1.82, 2.24) is 10.2 Å². The second-order valence-corrected chi connectivity index (χ2v) is 3.96. The van der Waals surface area contributed by atoms with Crippen LogP contribution in [0.2, 0.25) is 0 Å². The Labute approximate surface area is 91.3 Å². The van der Waals surface area contributed by atoms with Crippen LogP contribution in [0.5, 0.6) is 0 Å². The van der Waals surface area contributed by atoms with Gasteiger partial charge >= 0.3 is 0 Å². The van der Waals surface area contributed by atoms with E-state index in [0.29, 0.717) is 26.2 Å². The van der Waals surface area contributed by atoms with Crippen molar-refractivity contribution >= 4 is 5.91 Å². The molecule has 0 spiro atoms. The Hall–Kier alpha value is -0.870. The van der Waals surface area contributed by atoms with Crippen LogP contribution in [0.4, 0.5) is 0 Å². The zero-order chi connectivity index (χ0) is 11.3. The molecule has 4 heteroatoms. The van der Waals surface area contributed by atoms with Gasteiger partial charge in [-0.15, -0.1) is 6.58 Å². The summed E-state index contributed by atoms with van der Waals surface area (Å²) in [6.07, 6.45) is 1.89. The molecule has 1 amide bonds. The van der Waals surface area contributed by atoms with Crippen molar-refractivity contribution < 1.29 is 9.53 Å². The van der Waals surface area contributed by atoms with Gasteiger partial charge in [0, 0.05) is 13.1 Å². The topological polar surface area (TPSA) is 41.6 Å². The largest absolute Gasteiger partial charge is 0.375 e. The minimum atomic E-state index is 0.138. The molecule has 86 valence electrons. The number of nitrogens with zero attached hydrogens (tertiary/aromatic N) is 1. The number of nitrogens with one attached hydrogen (secondary N) is 1. The van der Waals surface area contributed by atoms with Gasteiger partial charge in [-0.1, -0.05) is 6.08 Å². The summed E-state index contributed by atoms with van der Waals surface area (Å²) >= 11 is 0. The first-order valence-corrected chi connectivity index (χ1v) is 5.37. The highest BCUT2D eigenvalue weighted by Crippen LogP contribution is 2.10. The highest BCUT2D eigenvalue weighted by atomic mass is 16.5. The molecule has 0 aromatic heterocycles. The molecule has 1 heterocycles. The molecule has 2 unspecified atom stereocenters. The Bertz CT molecular complexity index is 231. The van der Waals surface area contributed by atoms with E-state index in [2.05, 4.69) is 11.9 Å². The molecule has 0 aliphatic carbocycles. The molecule has 1 aliphatic heterocycles. The van der Waals surface area contributed by atoms with Gasteiger partial charge in [-0.2, -0.15) is 0 Å². The van der Waals surface area contributed by atoms with E-state index in [-0.39, 0.29) is 18.1 Å². The Kier molecular flexibility index (Phi) is 4.78. The molecule has 1 N–H and O–H groups in total. The predicted molar refractivity (Wildman–Crippen MR) is 59.7 cm³/mol. The average molecular weight is 212 g/mol. The molecule has 0 radical (unpaired) electrons. The van der Waals surface area contributed by atoms with Gasteiger partial charge in [0.1, 0.15) is 0 Å². The molecule has 0 aromatic carbocycles. The lowest BCUT2D eigenvalue weighted by Crippen LogP contribution is -2.52. The molecule has 1 saturated heterocycles. The van der Waals surface area contributed by atoms with Crippen LogP contribution in [0.1, 0.15) is 13.8 Å². The van der Waals surface area contributed by atoms with Crippen LogP contribution in [-0.2, 0) is 9.53 Å². The lowest BCUT2D eigenvalue weighted by atomic mass is 10.2. The van der Waals surface area contributed by atoms with Crippen molar-refractivity contribution in [2.45, 2.75) is 26.0 Å². The van der Waals surface area contributed by atoms with Crippen LogP contribution >= 0.6 is 0 Å². The molecular weight excluding hydrogens is 192 g/mol. The molecule has 0 saturated carbocycles. The summed E-state index contributed by atoms with van der Waals surface area (Å²) in [5.74, 6) is 0.138. The lowest BCUT2D eigenvalue weighted by molar-refractivity contribution is -0.142. The smallest absolute Gasteiger partial charge is 0.236 e. The maximum Gasteiger partial charge on any atom is 0.236 e. The van der Waals surface area contributed by atoms with Crippen LogP contribution < -0.4 is 5.32 Å². The number of amides is 1. The number of hydrogen-bond donors (Lipinski definition) is 1. The second kappa shape index (κ2) is 5.88. The Morgan fingerprint density at radius 2 is 2.40 bits per heavy atom. The molecule has 4 nitrogen and oxygen atoms in total. The monoisotopic (exact) mass is 212 g/mol. The summed E-state index contributed by atoms with van der Waals surface area (Å²) in [7, 11) is 0. The number of carbonyl (C=O) groups is 1. The summed E-state index contributed by atoms with van der Waals surface area (Å²) in [4.78, 5) is 13.7. The molecule has 15 heavy (non-hydrogen) atoms. The van der Waals surface area contributed by atoms with E-state index in [1.54, 1.807) is 6.08 Å². The van der Waals surface area contributed by atoms with Crippen LogP contribution in [0.15, 0.2) is 12.7 Å². The molecule has 0 aromatic rings. The first-order chi connectivity index (χ1) is 7.15. The van der Waals surface area contributed by atoms with Gasteiger partial charge in [0.2, 0.25) is 5.91 Å². The van der Waals surface area contributed by atoms with E-state index in [9.17, 15) is 4.79 Å². The van der Waals surface area contributed by atoms with Crippen molar-refractivity contribution in [3.05, 3.63) is 12.7 Å². The minimum absolute atomic E-state index is 0.138. The number of rotatable bonds is 4. The Balaban J connectivity index is 2.38. The highest BCUT2D eigenvalue weighted by molar-refractivity contribution is 5.78. The van der Waals surface area contributed by atoms with Crippen molar-refractivity contribution in [1.29, 1.82) is 0 Å². The fourth-order valence-electron chi connectivity index (χ4n) is 1.63. The van der Waals surface area contributed by atoms with Gasteiger partial charge < -0.3 is 15.0 Å². The fourth-order valence-corrected chi connectivity index (χ4v) is 1.63. The van der Waals surface area contributed by atoms with Crippen LogP contribution in [0, 0.1) is 0 Å². The summed E-state index contributed by atoms with van der Waals surface area (Å²) in [5.41, 5.74) is 0. The molecule has 0 bridgehead atoms.